The van der Waals surface area contributed by atoms with Crippen LogP contribution in [-0.2, 0) is 14.6 Å². The monoisotopic (exact) mass is 286 g/mol. The smallest absolute Gasteiger partial charge is 0.150 e. The Kier molecular flexibility index (Phi) is 7.86. The molecule has 3 nitrogen and oxygen atoms in total. The van der Waals surface area contributed by atoms with Gasteiger partial charge in [-0.1, -0.05) is 29.3 Å². The zero-order valence-corrected chi connectivity index (χ0v) is 11.2. The molecule has 0 rings (SSSR count). The molecular weight excluding hydrogens is 268 g/mol. The first-order valence-electron chi connectivity index (χ1n) is 4.81. The number of alkyl halides is 1. The highest BCUT2D eigenvalue weighted by Crippen LogP contribution is 2.11. The van der Waals surface area contributed by atoms with Crippen LogP contribution in [0, 0.1) is 5.92 Å². The van der Waals surface area contributed by atoms with Crippen molar-refractivity contribution in [1.29, 1.82) is 0 Å². The fourth-order valence-electron chi connectivity index (χ4n) is 1.14. The van der Waals surface area contributed by atoms with Crippen LogP contribution in [0.25, 0.3) is 0 Å². The van der Waals surface area contributed by atoms with E-state index >= 15 is 0 Å². The molecule has 0 heterocycles. The van der Waals surface area contributed by atoms with Crippen LogP contribution in [0.1, 0.15) is 19.8 Å². The molecule has 0 aliphatic carbocycles. The summed E-state index contributed by atoms with van der Waals surface area (Å²) < 4.78 is 27.9. The number of sulfone groups is 1. The van der Waals surface area contributed by atoms with E-state index in [9.17, 15) is 8.42 Å². The Labute approximate surface area is 95.3 Å². The zero-order chi connectivity index (χ0) is 11.0. The van der Waals surface area contributed by atoms with Crippen LogP contribution in [-0.4, -0.2) is 39.0 Å². The summed E-state index contributed by atoms with van der Waals surface area (Å²) in [6.07, 6.45) is 1.49. The fraction of sp³-hybridized carbons (Fsp3) is 1.00. The van der Waals surface area contributed by atoms with Crippen LogP contribution >= 0.6 is 15.9 Å². The summed E-state index contributed by atoms with van der Waals surface area (Å²) in [6.45, 7) is 2.53. The second-order valence-electron chi connectivity index (χ2n) is 3.39. The summed E-state index contributed by atoms with van der Waals surface area (Å²) in [6, 6.07) is 0. The highest BCUT2D eigenvalue weighted by Gasteiger charge is 2.16. The van der Waals surface area contributed by atoms with Crippen LogP contribution < -0.4 is 0 Å². The Morgan fingerprint density at radius 1 is 1.43 bits per heavy atom. The minimum atomic E-state index is -2.89. The molecule has 5 heteroatoms. The van der Waals surface area contributed by atoms with Crippen molar-refractivity contribution >= 4 is 25.8 Å². The molecule has 1 unspecified atom stereocenters. The molecule has 0 aromatic carbocycles. The molecule has 14 heavy (non-hydrogen) atoms. The molecule has 0 aromatic heterocycles. The van der Waals surface area contributed by atoms with Gasteiger partial charge in [-0.25, -0.2) is 8.42 Å². The Morgan fingerprint density at radius 2 is 2.07 bits per heavy atom. The van der Waals surface area contributed by atoms with Gasteiger partial charge in [0.1, 0.15) is 0 Å². The Morgan fingerprint density at radius 3 is 2.50 bits per heavy atom. The Bertz CT molecular complexity index is 222. The molecule has 0 saturated carbocycles. The number of hydrogen-bond acceptors (Lipinski definition) is 3. The number of halogens is 1. The maximum absolute atomic E-state index is 11.6. The number of hydrogen-bond donors (Lipinski definition) is 0. The standard InChI is InChI=1S/C9H19BrO3S/c1-3-9(7-10)8-14(11,12)6-4-5-13-2/h9H,3-8H2,1-2H3. The third kappa shape index (κ3) is 6.79. The number of ether oxygens (including phenoxy) is 1. The van der Waals surface area contributed by atoms with E-state index in [1.165, 1.54) is 0 Å². The van der Waals surface area contributed by atoms with E-state index in [2.05, 4.69) is 15.9 Å². The first kappa shape index (κ1) is 14.4. The van der Waals surface area contributed by atoms with Gasteiger partial charge in [0.2, 0.25) is 0 Å². The summed E-state index contributed by atoms with van der Waals surface area (Å²) in [5, 5.41) is 0.757. The van der Waals surface area contributed by atoms with Crippen LogP contribution in [0.2, 0.25) is 0 Å². The van der Waals surface area contributed by atoms with Gasteiger partial charge >= 0.3 is 0 Å². The fourth-order valence-corrected chi connectivity index (χ4v) is 3.92. The highest BCUT2D eigenvalue weighted by atomic mass is 79.9. The first-order valence-corrected chi connectivity index (χ1v) is 7.75. The molecule has 1 atom stereocenters. The lowest BCUT2D eigenvalue weighted by molar-refractivity contribution is 0.199. The van der Waals surface area contributed by atoms with Gasteiger partial charge in [0.25, 0.3) is 0 Å². The SMILES string of the molecule is CCC(CBr)CS(=O)(=O)CCCOC. The molecule has 0 radical (unpaired) electrons. The minimum Gasteiger partial charge on any atom is -0.385 e. The van der Waals surface area contributed by atoms with Gasteiger partial charge in [0, 0.05) is 19.0 Å². The zero-order valence-electron chi connectivity index (χ0n) is 8.83. The average molecular weight is 287 g/mol. The number of methoxy groups -OCH3 is 1. The van der Waals surface area contributed by atoms with Crippen molar-refractivity contribution in [1.82, 2.24) is 0 Å². The molecule has 0 bridgehead atoms. The van der Waals surface area contributed by atoms with Crippen LogP contribution in [0.3, 0.4) is 0 Å². The van der Waals surface area contributed by atoms with E-state index in [1.807, 2.05) is 6.92 Å². The van der Waals surface area contributed by atoms with Gasteiger partial charge in [0.05, 0.1) is 11.5 Å². The minimum absolute atomic E-state index is 0.238. The maximum atomic E-state index is 11.6. The molecule has 86 valence electrons. The van der Waals surface area contributed by atoms with E-state index in [0.29, 0.717) is 18.8 Å². The lowest BCUT2D eigenvalue weighted by Gasteiger charge is -2.11. The summed E-state index contributed by atoms with van der Waals surface area (Å²) in [4.78, 5) is 0. The van der Waals surface area contributed by atoms with Crippen LogP contribution in [0.15, 0.2) is 0 Å². The first-order chi connectivity index (χ1) is 6.55. The molecule has 0 N–H and O–H groups in total. The molecule has 0 aliphatic heterocycles. The molecule has 0 fully saturated rings. The van der Waals surface area contributed by atoms with Crippen LogP contribution in [0.5, 0.6) is 0 Å². The molecule has 0 amide bonds. The van der Waals surface area contributed by atoms with Gasteiger partial charge in [0.15, 0.2) is 9.84 Å². The topological polar surface area (TPSA) is 43.4 Å². The molecule has 0 saturated heterocycles. The van der Waals surface area contributed by atoms with Crippen molar-refractivity contribution in [3.05, 3.63) is 0 Å². The second-order valence-corrected chi connectivity index (χ2v) is 6.27. The third-order valence-electron chi connectivity index (χ3n) is 2.09. The van der Waals surface area contributed by atoms with E-state index in [4.69, 9.17) is 4.74 Å². The molecule has 0 aliphatic rings. The Balaban J connectivity index is 3.93. The van der Waals surface area contributed by atoms with Crippen molar-refractivity contribution in [3.8, 4) is 0 Å². The highest BCUT2D eigenvalue weighted by molar-refractivity contribution is 9.09. The van der Waals surface area contributed by atoms with Crippen molar-refractivity contribution in [3.63, 3.8) is 0 Å². The average Bonchev–Trinajstić information content (AvgIpc) is 2.14. The van der Waals surface area contributed by atoms with Crippen molar-refractivity contribution in [2.75, 3.05) is 30.6 Å². The van der Waals surface area contributed by atoms with Gasteiger partial charge in [-0.05, 0) is 12.3 Å². The van der Waals surface area contributed by atoms with Crippen molar-refractivity contribution in [2.45, 2.75) is 19.8 Å². The summed E-state index contributed by atoms with van der Waals surface area (Å²) >= 11 is 3.32. The third-order valence-corrected chi connectivity index (χ3v) is 4.89. The van der Waals surface area contributed by atoms with E-state index in [-0.39, 0.29) is 11.7 Å². The lowest BCUT2D eigenvalue weighted by atomic mass is 10.2. The van der Waals surface area contributed by atoms with E-state index in [1.54, 1.807) is 7.11 Å². The summed E-state index contributed by atoms with van der Waals surface area (Å²) in [5.74, 6) is 0.769. The predicted octanol–water partition coefficient (Wildman–Crippen LogP) is 1.86. The molecule has 0 spiro atoms. The lowest BCUT2D eigenvalue weighted by Crippen LogP contribution is -2.20. The van der Waals surface area contributed by atoms with Gasteiger partial charge in [-0.15, -0.1) is 0 Å². The van der Waals surface area contributed by atoms with Crippen molar-refractivity contribution in [2.24, 2.45) is 5.92 Å². The van der Waals surface area contributed by atoms with Gasteiger partial charge in [-0.3, -0.25) is 0 Å². The molecule has 0 aromatic rings. The van der Waals surface area contributed by atoms with Gasteiger partial charge in [-0.2, -0.15) is 0 Å². The largest absolute Gasteiger partial charge is 0.385 e. The summed E-state index contributed by atoms with van der Waals surface area (Å²) in [7, 11) is -1.30. The normalized spacial score (nSPS) is 14.2. The Hall–Kier alpha value is 0.390. The quantitative estimate of drug-likeness (QED) is 0.505. The molecular formula is C9H19BrO3S. The second kappa shape index (κ2) is 7.65. The maximum Gasteiger partial charge on any atom is 0.150 e. The number of rotatable bonds is 8. The van der Waals surface area contributed by atoms with E-state index in [0.717, 1.165) is 11.8 Å². The van der Waals surface area contributed by atoms with E-state index < -0.39 is 9.84 Å². The van der Waals surface area contributed by atoms with Crippen molar-refractivity contribution < 1.29 is 13.2 Å². The van der Waals surface area contributed by atoms with Crippen LogP contribution in [0.4, 0.5) is 0 Å². The summed E-state index contributed by atoms with van der Waals surface area (Å²) in [5.41, 5.74) is 0. The van der Waals surface area contributed by atoms with Gasteiger partial charge < -0.3 is 4.74 Å². The predicted molar refractivity (Wildman–Crippen MR) is 62.7 cm³/mol.